The van der Waals surface area contributed by atoms with Crippen LogP contribution in [0, 0.1) is 0 Å². The lowest BCUT2D eigenvalue weighted by atomic mass is 10.1. The largest absolute Gasteiger partial charge is 0.337 e. The summed E-state index contributed by atoms with van der Waals surface area (Å²) < 4.78 is 25.1. The highest BCUT2D eigenvalue weighted by atomic mass is 32.2. The summed E-state index contributed by atoms with van der Waals surface area (Å²) in [5.74, 6) is -0.151. The maximum absolute atomic E-state index is 12.7. The van der Waals surface area contributed by atoms with E-state index in [1.165, 1.54) is 0 Å². The van der Waals surface area contributed by atoms with Crippen LogP contribution in [0.4, 0.5) is 0 Å². The molecule has 1 saturated heterocycles. The highest BCUT2D eigenvalue weighted by Crippen LogP contribution is 2.18. The average molecular weight is 358 g/mol. The Bertz CT molecular complexity index is 827. The van der Waals surface area contributed by atoms with Gasteiger partial charge in [0.25, 0.3) is 5.91 Å². The van der Waals surface area contributed by atoms with Gasteiger partial charge in [-0.2, -0.15) is 0 Å². The number of hydrogen-bond acceptors (Lipinski definition) is 4. The van der Waals surface area contributed by atoms with Crippen LogP contribution in [0.25, 0.3) is 0 Å². The van der Waals surface area contributed by atoms with E-state index in [4.69, 9.17) is 0 Å². The first-order chi connectivity index (χ1) is 12.1. The predicted molar refractivity (Wildman–Crippen MR) is 97.2 cm³/mol. The Morgan fingerprint density at radius 1 is 1.00 bits per heavy atom. The fourth-order valence-electron chi connectivity index (χ4n) is 2.96. The maximum Gasteiger partial charge on any atom is 0.253 e. The van der Waals surface area contributed by atoms with Gasteiger partial charge in [0.2, 0.25) is 0 Å². The zero-order valence-electron chi connectivity index (χ0n) is 14.0. The van der Waals surface area contributed by atoms with Crippen molar-refractivity contribution in [2.24, 2.45) is 0 Å². The van der Waals surface area contributed by atoms with Gasteiger partial charge < -0.3 is 10.2 Å². The van der Waals surface area contributed by atoms with Gasteiger partial charge in [-0.3, -0.25) is 4.79 Å². The lowest BCUT2D eigenvalue weighted by molar-refractivity contribution is 0.0766. The minimum Gasteiger partial charge on any atom is -0.337 e. The van der Waals surface area contributed by atoms with Crippen LogP contribution in [0.2, 0.25) is 0 Å². The highest BCUT2D eigenvalue weighted by molar-refractivity contribution is 7.90. The topological polar surface area (TPSA) is 66.5 Å². The van der Waals surface area contributed by atoms with E-state index in [1.54, 1.807) is 54.6 Å². The SMILES string of the molecule is O=C(c1cccc(CS(=O)(=O)c2ccccc2)c1)N1CCCNCC1. The second kappa shape index (κ2) is 7.80. The summed E-state index contributed by atoms with van der Waals surface area (Å²) in [7, 11) is -3.42. The van der Waals surface area contributed by atoms with Gasteiger partial charge in [0, 0.05) is 25.2 Å². The Labute approximate surface area is 148 Å². The van der Waals surface area contributed by atoms with Crippen LogP contribution in [-0.2, 0) is 15.6 Å². The molecule has 0 radical (unpaired) electrons. The molecule has 2 aromatic rings. The summed E-state index contributed by atoms with van der Waals surface area (Å²) >= 11 is 0. The van der Waals surface area contributed by atoms with Crippen LogP contribution >= 0.6 is 0 Å². The molecule has 0 aromatic heterocycles. The first-order valence-electron chi connectivity index (χ1n) is 8.43. The molecule has 6 heteroatoms. The molecule has 0 bridgehead atoms. The van der Waals surface area contributed by atoms with Crippen LogP contribution < -0.4 is 5.32 Å². The molecule has 2 aromatic carbocycles. The van der Waals surface area contributed by atoms with Crippen molar-refractivity contribution in [3.05, 3.63) is 65.7 Å². The number of carbonyl (C=O) groups excluding carboxylic acids is 1. The second-order valence-corrected chi connectivity index (χ2v) is 8.16. The molecule has 1 amide bonds. The van der Waals surface area contributed by atoms with Gasteiger partial charge in [0.1, 0.15) is 0 Å². The molecule has 3 rings (SSSR count). The quantitative estimate of drug-likeness (QED) is 0.909. The van der Waals surface area contributed by atoms with Crippen molar-refractivity contribution < 1.29 is 13.2 Å². The molecule has 25 heavy (non-hydrogen) atoms. The zero-order chi connectivity index (χ0) is 17.7. The van der Waals surface area contributed by atoms with Crippen molar-refractivity contribution in [2.75, 3.05) is 26.2 Å². The van der Waals surface area contributed by atoms with E-state index in [-0.39, 0.29) is 11.7 Å². The van der Waals surface area contributed by atoms with Gasteiger partial charge in [-0.25, -0.2) is 8.42 Å². The summed E-state index contributed by atoms with van der Waals surface area (Å²) in [5, 5.41) is 3.27. The molecule has 0 aliphatic carbocycles. The molecule has 132 valence electrons. The van der Waals surface area contributed by atoms with E-state index in [0.29, 0.717) is 22.6 Å². The predicted octanol–water partition coefficient (Wildman–Crippen LogP) is 2.10. The number of benzene rings is 2. The minimum absolute atomic E-state index is 0.0392. The molecule has 1 N–H and O–H groups in total. The Balaban J connectivity index is 1.78. The lowest BCUT2D eigenvalue weighted by Gasteiger charge is -2.20. The third-order valence-corrected chi connectivity index (χ3v) is 5.96. The average Bonchev–Trinajstić information content (AvgIpc) is 2.91. The van der Waals surface area contributed by atoms with Gasteiger partial charge in [-0.05, 0) is 42.8 Å². The summed E-state index contributed by atoms with van der Waals surface area (Å²) in [6, 6.07) is 15.3. The van der Waals surface area contributed by atoms with Crippen molar-refractivity contribution in [2.45, 2.75) is 17.1 Å². The van der Waals surface area contributed by atoms with Gasteiger partial charge in [-0.15, -0.1) is 0 Å². The normalized spacial score (nSPS) is 15.6. The number of sulfone groups is 1. The van der Waals surface area contributed by atoms with E-state index in [9.17, 15) is 13.2 Å². The summed E-state index contributed by atoms with van der Waals surface area (Å²) in [5.41, 5.74) is 1.17. The summed E-state index contributed by atoms with van der Waals surface area (Å²) in [6.07, 6.45) is 0.924. The number of rotatable bonds is 4. The number of nitrogens with one attached hydrogen (secondary N) is 1. The molecular formula is C19H22N2O3S. The van der Waals surface area contributed by atoms with Crippen LogP contribution in [-0.4, -0.2) is 45.4 Å². The standard InChI is InChI=1S/C19H22N2O3S/c22-19(21-12-5-10-20-11-13-21)17-7-4-6-16(14-17)15-25(23,24)18-8-2-1-3-9-18/h1-4,6-9,14,20H,5,10-13,15H2. The van der Waals surface area contributed by atoms with Crippen molar-refractivity contribution in [1.29, 1.82) is 0 Å². The number of amides is 1. The van der Waals surface area contributed by atoms with Gasteiger partial charge in [0.05, 0.1) is 10.6 Å². The second-order valence-electron chi connectivity index (χ2n) is 6.17. The first-order valence-corrected chi connectivity index (χ1v) is 10.1. The van der Waals surface area contributed by atoms with Crippen molar-refractivity contribution >= 4 is 15.7 Å². The molecular weight excluding hydrogens is 336 g/mol. The molecule has 1 aliphatic heterocycles. The van der Waals surface area contributed by atoms with Crippen LogP contribution in [0.15, 0.2) is 59.5 Å². The summed E-state index contributed by atoms with van der Waals surface area (Å²) in [6.45, 7) is 3.09. The molecule has 0 atom stereocenters. The van der Waals surface area contributed by atoms with E-state index < -0.39 is 9.84 Å². The van der Waals surface area contributed by atoms with Crippen LogP contribution in [0.5, 0.6) is 0 Å². The van der Waals surface area contributed by atoms with E-state index in [0.717, 1.165) is 26.1 Å². The van der Waals surface area contributed by atoms with Crippen molar-refractivity contribution in [1.82, 2.24) is 10.2 Å². The Morgan fingerprint density at radius 3 is 2.60 bits per heavy atom. The molecule has 5 nitrogen and oxygen atoms in total. The van der Waals surface area contributed by atoms with Crippen LogP contribution in [0.1, 0.15) is 22.3 Å². The molecule has 1 heterocycles. The molecule has 1 aliphatic rings. The first kappa shape index (κ1) is 17.6. The smallest absolute Gasteiger partial charge is 0.253 e. The van der Waals surface area contributed by atoms with Crippen LogP contribution in [0.3, 0.4) is 0 Å². The molecule has 0 unspecified atom stereocenters. The maximum atomic E-state index is 12.7. The Kier molecular flexibility index (Phi) is 5.50. The number of hydrogen-bond donors (Lipinski definition) is 1. The summed E-state index contributed by atoms with van der Waals surface area (Å²) in [4.78, 5) is 14.8. The fourth-order valence-corrected chi connectivity index (χ4v) is 4.31. The number of carbonyl (C=O) groups is 1. The monoisotopic (exact) mass is 358 g/mol. The molecule has 0 saturated carbocycles. The molecule has 1 fully saturated rings. The zero-order valence-corrected chi connectivity index (χ0v) is 14.8. The van der Waals surface area contributed by atoms with E-state index in [1.807, 2.05) is 4.90 Å². The third-order valence-electron chi connectivity index (χ3n) is 4.26. The Hall–Kier alpha value is -2.18. The minimum atomic E-state index is -3.42. The van der Waals surface area contributed by atoms with Gasteiger partial charge in [-0.1, -0.05) is 30.3 Å². The van der Waals surface area contributed by atoms with Crippen molar-refractivity contribution in [3.8, 4) is 0 Å². The highest BCUT2D eigenvalue weighted by Gasteiger charge is 2.19. The number of nitrogens with zero attached hydrogens (tertiary/aromatic N) is 1. The van der Waals surface area contributed by atoms with Gasteiger partial charge >= 0.3 is 0 Å². The Morgan fingerprint density at radius 2 is 1.80 bits per heavy atom. The van der Waals surface area contributed by atoms with Gasteiger partial charge in [0.15, 0.2) is 9.84 Å². The third kappa shape index (κ3) is 4.46. The fraction of sp³-hybridized carbons (Fsp3) is 0.316. The van der Waals surface area contributed by atoms with E-state index >= 15 is 0 Å². The van der Waals surface area contributed by atoms with E-state index in [2.05, 4.69) is 5.32 Å². The lowest BCUT2D eigenvalue weighted by Crippen LogP contribution is -2.34. The molecule has 0 spiro atoms. The van der Waals surface area contributed by atoms with Crippen molar-refractivity contribution in [3.63, 3.8) is 0 Å².